The van der Waals surface area contributed by atoms with E-state index < -0.39 is 0 Å². The van der Waals surface area contributed by atoms with Crippen molar-refractivity contribution < 1.29 is 23.4 Å². The molecule has 4 aliphatic rings. The first-order valence-corrected chi connectivity index (χ1v) is 17.9. The van der Waals surface area contributed by atoms with Crippen molar-refractivity contribution in [2.24, 2.45) is 0 Å². The minimum atomic E-state index is -0.192. The molecule has 10 rings (SSSR count). The normalized spacial score (nSPS) is 15.5. The van der Waals surface area contributed by atoms with Crippen LogP contribution in [0.25, 0.3) is 11.0 Å². The Hall–Kier alpha value is -5.50. The van der Waals surface area contributed by atoms with Gasteiger partial charge in [0.05, 0.1) is 22.7 Å². The van der Waals surface area contributed by atoms with Crippen molar-refractivity contribution in [2.45, 2.75) is 47.0 Å². The van der Waals surface area contributed by atoms with E-state index in [1.165, 1.54) is 27.8 Å². The van der Waals surface area contributed by atoms with Gasteiger partial charge in [0.1, 0.15) is 32.0 Å². The Bertz CT molecular complexity index is 2420. The van der Waals surface area contributed by atoms with Gasteiger partial charge in [-0.1, -0.05) is 45.0 Å². The van der Waals surface area contributed by atoms with Gasteiger partial charge in [0.2, 0.25) is 0 Å². The van der Waals surface area contributed by atoms with Gasteiger partial charge in [-0.3, -0.25) is 0 Å². The Kier molecular flexibility index (Phi) is 6.40. The van der Waals surface area contributed by atoms with E-state index in [0.29, 0.717) is 26.4 Å². The van der Waals surface area contributed by atoms with E-state index in [2.05, 4.69) is 124 Å². The fourth-order valence-corrected chi connectivity index (χ4v) is 8.52. The van der Waals surface area contributed by atoms with Gasteiger partial charge in [-0.25, -0.2) is 0 Å². The predicted molar refractivity (Wildman–Crippen MR) is 205 cm³/mol. The molecule has 51 heavy (non-hydrogen) atoms. The van der Waals surface area contributed by atoms with Gasteiger partial charge in [-0.2, -0.15) is 0 Å². The lowest BCUT2D eigenvalue weighted by Gasteiger charge is -2.43. The summed E-state index contributed by atoms with van der Waals surface area (Å²) < 4.78 is 31.5. The summed E-state index contributed by atoms with van der Waals surface area (Å²) in [5, 5.41) is 1.09. The van der Waals surface area contributed by atoms with Crippen molar-refractivity contribution in [1.82, 2.24) is 0 Å². The number of benzene rings is 5. The Morgan fingerprint density at radius 1 is 0.608 bits per heavy atom. The summed E-state index contributed by atoms with van der Waals surface area (Å²) in [5.41, 5.74) is 15.5. The molecule has 1 aromatic heterocycles. The number of hydrogen-bond donors (Lipinski definition) is 0. The number of aryl methyl sites for hydroxylation is 3. The van der Waals surface area contributed by atoms with Crippen LogP contribution in [0.2, 0.25) is 0 Å². The predicted octanol–water partition coefficient (Wildman–Crippen LogP) is 8.28. The highest BCUT2D eigenvalue weighted by Crippen LogP contribution is 2.51. The number of anilines is 6. The number of para-hydroxylation sites is 1. The van der Waals surface area contributed by atoms with Crippen LogP contribution in [0.1, 0.15) is 43.0 Å². The van der Waals surface area contributed by atoms with Crippen LogP contribution in [-0.2, 0) is 5.41 Å². The van der Waals surface area contributed by atoms with Crippen LogP contribution in [0.5, 0.6) is 23.0 Å². The van der Waals surface area contributed by atoms with Gasteiger partial charge in [-0.15, -0.1) is 0 Å². The number of nitrogens with zero attached hydrogens (tertiary/aromatic N) is 2. The second-order valence-electron chi connectivity index (χ2n) is 15.2. The second-order valence-corrected chi connectivity index (χ2v) is 15.2. The van der Waals surface area contributed by atoms with Crippen molar-refractivity contribution in [3.63, 3.8) is 0 Å². The fraction of sp³-hybridized carbons (Fsp3) is 0.256. The maximum absolute atomic E-state index is 7.03. The SMILES string of the molecule is Cc1cc2c3c(c1)N(c1c(C)cc(C(C)(C)C)cc1C)c1c(oc4ccccc14)B3c1cc3c(cc1N2c1ccc2c(c1)OCCO2)OCCO3. The van der Waals surface area contributed by atoms with Gasteiger partial charge in [0.15, 0.2) is 23.0 Å². The molecule has 0 N–H and O–H groups in total. The molecule has 8 heteroatoms. The Labute approximate surface area is 298 Å². The highest BCUT2D eigenvalue weighted by atomic mass is 16.6. The van der Waals surface area contributed by atoms with E-state index in [-0.39, 0.29) is 12.1 Å². The molecule has 6 aromatic rings. The van der Waals surface area contributed by atoms with Gasteiger partial charge in [0.25, 0.3) is 6.71 Å². The molecule has 0 saturated carbocycles. The highest BCUT2D eigenvalue weighted by molar-refractivity contribution is 7.00. The van der Waals surface area contributed by atoms with Crippen molar-refractivity contribution in [3.05, 3.63) is 101 Å². The smallest absolute Gasteiger partial charge is 0.297 e. The van der Waals surface area contributed by atoms with Gasteiger partial charge in [0, 0.05) is 34.6 Å². The molecule has 4 aliphatic heterocycles. The lowest BCUT2D eigenvalue weighted by Crippen LogP contribution is -2.61. The van der Waals surface area contributed by atoms with Crippen LogP contribution in [0.15, 0.2) is 83.3 Å². The number of furan rings is 1. The van der Waals surface area contributed by atoms with Crippen molar-refractivity contribution in [2.75, 3.05) is 36.2 Å². The number of hydrogen-bond acceptors (Lipinski definition) is 7. The molecule has 0 saturated heterocycles. The number of rotatable bonds is 2. The molecule has 5 aromatic carbocycles. The molecule has 0 fully saturated rings. The maximum Gasteiger partial charge on any atom is 0.297 e. The third-order valence-electron chi connectivity index (χ3n) is 10.7. The first-order chi connectivity index (χ1) is 24.7. The summed E-state index contributed by atoms with van der Waals surface area (Å²) in [6.07, 6.45) is 0. The minimum Gasteiger partial charge on any atom is -0.486 e. The average Bonchev–Trinajstić information content (AvgIpc) is 3.50. The first-order valence-electron chi connectivity index (χ1n) is 17.9. The Morgan fingerprint density at radius 3 is 1.94 bits per heavy atom. The lowest BCUT2D eigenvalue weighted by molar-refractivity contribution is 0.171. The molecular weight excluding hydrogens is 635 g/mol. The zero-order chi connectivity index (χ0) is 34.8. The Balaban J connectivity index is 1.31. The third-order valence-corrected chi connectivity index (χ3v) is 10.7. The van der Waals surface area contributed by atoms with Crippen LogP contribution < -0.4 is 45.3 Å². The van der Waals surface area contributed by atoms with E-state index in [4.69, 9.17) is 23.4 Å². The standard InChI is InChI=1S/C43H39BN2O5/c1-24-17-32-39-33(18-24)46(40-25(2)19-27(20-26(40)3)43(4,5)6)41-29-9-7-8-10-34(29)51-42(41)44(39)30-22-37-38(50-16-15-49-37)23-31(30)45(32)28-11-12-35-36(21-28)48-14-13-47-35/h7-12,17-23H,13-16H2,1-6H3. The second kappa shape index (κ2) is 10.8. The molecule has 0 aliphatic carbocycles. The quantitative estimate of drug-likeness (QED) is 0.171. The van der Waals surface area contributed by atoms with E-state index in [1.807, 2.05) is 6.07 Å². The zero-order valence-corrected chi connectivity index (χ0v) is 29.8. The summed E-state index contributed by atoms with van der Waals surface area (Å²) >= 11 is 0. The lowest BCUT2D eigenvalue weighted by atomic mass is 9.35. The average molecular weight is 675 g/mol. The van der Waals surface area contributed by atoms with Crippen LogP contribution in [-0.4, -0.2) is 33.1 Å². The largest absolute Gasteiger partial charge is 0.486 e. The van der Waals surface area contributed by atoms with E-state index >= 15 is 0 Å². The third kappa shape index (κ3) is 4.44. The fourth-order valence-electron chi connectivity index (χ4n) is 8.52. The van der Waals surface area contributed by atoms with Crippen LogP contribution in [0, 0.1) is 20.8 Å². The van der Waals surface area contributed by atoms with Crippen molar-refractivity contribution in [1.29, 1.82) is 0 Å². The summed E-state index contributed by atoms with van der Waals surface area (Å²) in [4.78, 5) is 4.83. The molecule has 0 radical (unpaired) electrons. The molecule has 0 bridgehead atoms. The summed E-state index contributed by atoms with van der Waals surface area (Å²) in [6, 6.07) is 28.3. The van der Waals surface area contributed by atoms with Crippen molar-refractivity contribution in [3.8, 4) is 23.0 Å². The summed E-state index contributed by atoms with van der Waals surface area (Å²) in [5.74, 6) is 3.00. The van der Waals surface area contributed by atoms with Crippen LogP contribution >= 0.6 is 0 Å². The maximum atomic E-state index is 7.03. The summed E-state index contributed by atoms with van der Waals surface area (Å²) in [6.45, 7) is 15.4. The molecule has 0 amide bonds. The van der Waals surface area contributed by atoms with Crippen molar-refractivity contribution >= 4 is 68.4 Å². The first kappa shape index (κ1) is 30.3. The monoisotopic (exact) mass is 674 g/mol. The Morgan fingerprint density at radius 2 is 1.24 bits per heavy atom. The van der Waals surface area contributed by atoms with Gasteiger partial charge < -0.3 is 33.2 Å². The van der Waals surface area contributed by atoms with Gasteiger partial charge >= 0.3 is 0 Å². The molecule has 0 spiro atoms. The van der Waals surface area contributed by atoms with Crippen LogP contribution in [0.3, 0.4) is 0 Å². The highest BCUT2D eigenvalue weighted by Gasteiger charge is 2.48. The molecule has 5 heterocycles. The minimum absolute atomic E-state index is 0.0236. The molecular formula is C43H39BN2O5. The number of ether oxygens (including phenoxy) is 4. The topological polar surface area (TPSA) is 56.5 Å². The van der Waals surface area contributed by atoms with E-state index in [9.17, 15) is 0 Å². The molecule has 7 nitrogen and oxygen atoms in total. The van der Waals surface area contributed by atoms with E-state index in [0.717, 1.165) is 79.1 Å². The van der Waals surface area contributed by atoms with Gasteiger partial charge in [-0.05, 0) is 102 Å². The molecule has 254 valence electrons. The number of fused-ring (bicyclic) bond motifs is 8. The van der Waals surface area contributed by atoms with Crippen LogP contribution in [0.4, 0.5) is 34.1 Å². The summed E-state index contributed by atoms with van der Waals surface area (Å²) in [7, 11) is 0. The van der Waals surface area contributed by atoms with E-state index in [1.54, 1.807) is 0 Å². The zero-order valence-electron chi connectivity index (χ0n) is 29.8. The molecule has 0 atom stereocenters. The molecule has 0 unspecified atom stereocenters.